The maximum Gasteiger partial charge on any atom is 0.409 e. The van der Waals surface area contributed by atoms with Crippen LogP contribution in [0.1, 0.15) is 18.1 Å². The number of hydrogen-bond donors (Lipinski definition) is 3. The average molecular weight is 384 g/mol. The van der Waals surface area contributed by atoms with Crippen molar-refractivity contribution in [2.45, 2.75) is 19.4 Å². The Kier molecular flexibility index (Phi) is 8.34. The van der Waals surface area contributed by atoms with E-state index in [-0.39, 0.29) is 30.2 Å². The normalized spacial score (nSPS) is 15.0. The van der Waals surface area contributed by atoms with E-state index in [9.17, 15) is 9.59 Å². The number of nitrogens with zero attached hydrogens (tertiary/aromatic N) is 2. The van der Waals surface area contributed by atoms with Gasteiger partial charge in [-0.05, 0) is 25.0 Å². The van der Waals surface area contributed by atoms with Crippen LogP contribution < -0.4 is 11.5 Å². The van der Waals surface area contributed by atoms with Crippen LogP contribution in [0.3, 0.4) is 0 Å². The number of nitrogens with one attached hydrogen (secondary N) is 1. The molecule has 5 N–H and O–H groups in total. The van der Waals surface area contributed by atoms with Gasteiger partial charge in [0.25, 0.3) is 0 Å². The van der Waals surface area contributed by atoms with Crippen molar-refractivity contribution >= 4 is 30.2 Å². The summed E-state index contributed by atoms with van der Waals surface area (Å²) in [6, 6.07) is 6.50. The van der Waals surface area contributed by atoms with Crippen molar-refractivity contribution in [3.8, 4) is 0 Å². The molecule has 2 rings (SSSR count). The third kappa shape index (κ3) is 5.60. The number of rotatable bonds is 5. The number of carbonyl (C=O) groups is 2. The van der Waals surface area contributed by atoms with E-state index in [1.54, 1.807) is 34.9 Å². The fourth-order valence-corrected chi connectivity index (χ4v) is 2.77. The Balaban J connectivity index is 0.00000338. The molecule has 1 heterocycles. The highest BCUT2D eigenvalue weighted by Gasteiger charge is 2.27. The van der Waals surface area contributed by atoms with Gasteiger partial charge in [0.1, 0.15) is 5.84 Å². The van der Waals surface area contributed by atoms with Crippen molar-refractivity contribution in [3.05, 3.63) is 35.4 Å². The number of ether oxygens (including phenoxy) is 1. The van der Waals surface area contributed by atoms with Gasteiger partial charge in [0.05, 0.1) is 12.6 Å². The van der Waals surface area contributed by atoms with Crippen molar-refractivity contribution in [1.82, 2.24) is 9.80 Å². The molecule has 0 aliphatic carbocycles. The number of amidine groups is 1. The van der Waals surface area contributed by atoms with Gasteiger partial charge >= 0.3 is 6.09 Å². The second-order valence-electron chi connectivity index (χ2n) is 5.94. The molecule has 144 valence electrons. The summed E-state index contributed by atoms with van der Waals surface area (Å²) in [5, 5.41) is 7.47. The first-order valence-electron chi connectivity index (χ1n) is 8.31. The lowest BCUT2D eigenvalue weighted by Crippen LogP contribution is -2.54. The SMILES string of the molecule is CCOC(=O)N1CCN(C(=O)[C@@H](N)Cc2cccc(C(=N)N)c2)CC1.Cl. The summed E-state index contributed by atoms with van der Waals surface area (Å²) < 4.78 is 4.97. The number of nitrogen functional groups attached to an aromatic ring is 1. The highest BCUT2D eigenvalue weighted by Crippen LogP contribution is 2.10. The first-order chi connectivity index (χ1) is 11.9. The monoisotopic (exact) mass is 383 g/mol. The summed E-state index contributed by atoms with van der Waals surface area (Å²) in [6.07, 6.45) is 0.0258. The molecule has 1 aliphatic heterocycles. The second-order valence-corrected chi connectivity index (χ2v) is 5.94. The molecule has 1 aliphatic rings. The van der Waals surface area contributed by atoms with E-state index in [2.05, 4.69) is 0 Å². The zero-order valence-electron chi connectivity index (χ0n) is 14.8. The van der Waals surface area contributed by atoms with Crippen LogP contribution in [0.5, 0.6) is 0 Å². The lowest BCUT2D eigenvalue weighted by Gasteiger charge is -2.35. The Bertz CT molecular complexity index is 647. The number of piperazine rings is 1. The van der Waals surface area contributed by atoms with Crippen LogP contribution in [0.2, 0.25) is 0 Å². The standard InChI is InChI=1S/C17H25N5O3.ClH/c1-2-25-17(24)22-8-6-21(7-9-22)16(23)14(18)11-12-4-3-5-13(10-12)15(19)20;/h3-5,10,14H,2,6-9,11,18H2,1H3,(H3,19,20);1H/t14-;/m0./s1. The molecule has 8 nitrogen and oxygen atoms in total. The van der Waals surface area contributed by atoms with E-state index in [1.165, 1.54) is 0 Å². The number of carbonyl (C=O) groups excluding carboxylic acids is 2. The van der Waals surface area contributed by atoms with Crippen molar-refractivity contribution in [2.75, 3.05) is 32.8 Å². The molecular weight excluding hydrogens is 358 g/mol. The van der Waals surface area contributed by atoms with Crippen LogP contribution in [0.25, 0.3) is 0 Å². The summed E-state index contributed by atoms with van der Waals surface area (Å²) in [7, 11) is 0. The largest absolute Gasteiger partial charge is 0.450 e. The van der Waals surface area contributed by atoms with Crippen LogP contribution in [0.4, 0.5) is 4.79 Å². The smallest absolute Gasteiger partial charge is 0.409 e. The first kappa shape index (κ1) is 21.7. The molecule has 0 aromatic heterocycles. The van der Waals surface area contributed by atoms with Crippen LogP contribution >= 0.6 is 12.4 Å². The quantitative estimate of drug-likeness (QED) is 0.506. The highest BCUT2D eigenvalue weighted by molar-refractivity contribution is 5.95. The molecule has 9 heteroatoms. The lowest BCUT2D eigenvalue weighted by molar-refractivity contribution is -0.134. The Morgan fingerprint density at radius 3 is 2.42 bits per heavy atom. The van der Waals surface area contributed by atoms with Crippen LogP contribution in [0.15, 0.2) is 24.3 Å². The summed E-state index contributed by atoms with van der Waals surface area (Å²) >= 11 is 0. The number of halogens is 1. The molecule has 0 bridgehead atoms. The molecule has 0 unspecified atom stereocenters. The number of nitrogens with two attached hydrogens (primary N) is 2. The van der Waals surface area contributed by atoms with Crippen LogP contribution in [0, 0.1) is 5.41 Å². The zero-order valence-corrected chi connectivity index (χ0v) is 15.6. The minimum atomic E-state index is -0.670. The molecule has 1 aromatic carbocycles. The van der Waals surface area contributed by atoms with Gasteiger partial charge in [-0.3, -0.25) is 10.2 Å². The number of benzene rings is 1. The third-order valence-electron chi connectivity index (χ3n) is 4.13. The van der Waals surface area contributed by atoms with E-state index < -0.39 is 6.04 Å². The van der Waals surface area contributed by atoms with E-state index in [0.29, 0.717) is 44.8 Å². The topological polar surface area (TPSA) is 126 Å². The molecule has 1 atom stereocenters. The Morgan fingerprint density at radius 1 is 1.23 bits per heavy atom. The van der Waals surface area contributed by atoms with Gasteiger partial charge in [0.2, 0.25) is 5.91 Å². The third-order valence-corrected chi connectivity index (χ3v) is 4.13. The van der Waals surface area contributed by atoms with Crippen LogP contribution in [-0.2, 0) is 16.0 Å². The molecular formula is C17H26ClN5O3. The first-order valence-corrected chi connectivity index (χ1v) is 8.31. The van der Waals surface area contributed by atoms with Gasteiger partial charge in [-0.2, -0.15) is 0 Å². The average Bonchev–Trinajstić information content (AvgIpc) is 2.61. The Labute approximate surface area is 159 Å². The number of amides is 2. The lowest BCUT2D eigenvalue weighted by atomic mass is 10.0. The fraction of sp³-hybridized carbons (Fsp3) is 0.471. The van der Waals surface area contributed by atoms with E-state index in [4.69, 9.17) is 21.6 Å². The van der Waals surface area contributed by atoms with Gasteiger partial charge in [0, 0.05) is 31.7 Å². The van der Waals surface area contributed by atoms with Crippen LogP contribution in [-0.4, -0.2) is 66.5 Å². The Morgan fingerprint density at radius 2 is 1.85 bits per heavy atom. The molecule has 1 aromatic rings. The molecule has 0 spiro atoms. The predicted molar refractivity (Wildman–Crippen MR) is 102 cm³/mol. The fourth-order valence-electron chi connectivity index (χ4n) is 2.77. The van der Waals surface area contributed by atoms with Crippen molar-refractivity contribution < 1.29 is 14.3 Å². The summed E-state index contributed by atoms with van der Waals surface area (Å²) in [6.45, 7) is 3.87. The van der Waals surface area contributed by atoms with Crippen molar-refractivity contribution in [2.24, 2.45) is 11.5 Å². The van der Waals surface area contributed by atoms with Gasteiger partial charge < -0.3 is 26.0 Å². The minimum absolute atomic E-state index is 0. The summed E-state index contributed by atoms with van der Waals surface area (Å²) in [4.78, 5) is 27.5. The predicted octanol–water partition coefficient (Wildman–Crippen LogP) is 0.563. The maximum absolute atomic E-state index is 12.5. The van der Waals surface area contributed by atoms with E-state index in [0.717, 1.165) is 5.56 Å². The molecule has 0 saturated carbocycles. The van der Waals surface area contributed by atoms with Crippen molar-refractivity contribution in [3.63, 3.8) is 0 Å². The minimum Gasteiger partial charge on any atom is -0.450 e. The van der Waals surface area contributed by atoms with E-state index >= 15 is 0 Å². The molecule has 2 amide bonds. The second kappa shape index (κ2) is 9.98. The molecule has 26 heavy (non-hydrogen) atoms. The van der Waals surface area contributed by atoms with Crippen molar-refractivity contribution in [1.29, 1.82) is 5.41 Å². The van der Waals surface area contributed by atoms with E-state index in [1.807, 2.05) is 6.07 Å². The Hall–Kier alpha value is -2.32. The van der Waals surface area contributed by atoms with Gasteiger partial charge in [-0.1, -0.05) is 18.2 Å². The molecule has 0 radical (unpaired) electrons. The highest BCUT2D eigenvalue weighted by atomic mass is 35.5. The zero-order chi connectivity index (χ0) is 18.4. The summed E-state index contributed by atoms with van der Waals surface area (Å²) in [5.74, 6) is -0.159. The van der Waals surface area contributed by atoms with Gasteiger partial charge in [-0.15, -0.1) is 12.4 Å². The molecule has 1 fully saturated rings. The number of hydrogen-bond acceptors (Lipinski definition) is 5. The summed E-state index contributed by atoms with van der Waals surface area (Å²) in [5.41, 5.74) is 13.0. The van der Waals surface area contributed by atoms with Gasteiger partial charge in [0.15, 0.2) is 0 Å². The van der Waals surface area contributed by atoms with Gasteiger partial charge in [-0.25, -0.2) is 4.79 Å². The molecule has 1 saturated heterocycles. The maximum atomic E-state index is 12.5.